The van der Waals surface area contributed by atoms with Gasteiger partial charge < -0.3 is 19.8 Å². The molecule has 5 nitrogen and oxygen atoms in total. The largest absolute Gasteiger partial charge is 0.497 e. The van der Waals surface area contributed by atoms with Crippen molar-refractivity contribution in [2.45, 2.75) is 12.8 Å². The molecule has 0 bridgehead atoms. The highest BCUT2D eigenvalue weighted by atomic mass is 16.5. The zero-order valence-electron chi connectivity index (χ0n) is 15.5. The number of nitrogens with one attached hydrogen (secondary N) is 2. The van der Waals surface area contributed by atoms with Crippen molar-refractivity contribution in [2.24, 2.45) is 5.92 Å². The van der Waals surface area contributed by atoms with Crippen LogP contribution in [0.2, 0.25) is 0 Å². The summed E-state index contributed by atoms with van der Waals surface area (Å²) in [6, 6.07) is 15.5. The molecule has 4 rings (SSSR count). The summed E-state index contributed by atoms with van der Waals surface area (Å²) >= 11 is 0. The fourth-order valence-corrected chi connectivity index (χ4v) is 3.69. The number of fused-ring (bicyclic) bond motifs is 1. The van der Waals surface area contributed by atoms with Crippen LogP contribution < -0.4 is 15.4 Å². The highest BCUT2D eigenvalue weighted by Crippen LogP contribution is 2.36. The smallest absolute Gasteiger partial charge is 0.287 e. The molecule has 1 aliphatic rings. The molecule has 1 aromatic heterocycles. The maximum absolute atomic E-state index is 12.9. The van der Waals surface area contributed by atoms with Gasteiger partial charge in [0, 0.05) is 23.6 Å². The Morgan fingerprint density at radius 3 is 2.85 bits per heavy atom. The second-order valence-corrected chi connectivity index (χ2v) is 6.94. The van der Waals surface area contributed by atoms with Crippen molar-refractivity contribution in [3.63, 3.8) is 0 Å². The molecule has 2 aromatic carbocycles. The van der Waals surface area contributed by atoms with E-state index in [1.807, 2.05) is 48.5 Å². The van der Waals surface area contributed by atoms with Crippen LogP contribution in [0.15, 0.2) is 52.9 Å². The molecule has 5 heteroatoms. The first-order valence-electron chi connectivity index (χ1n) is 9.41. The van der Waals surface area contributed by atoms with Gasteiger partial charge in [-0.05, 0) is 49.5 Å². The Kier molecular flexibility index (Phi) is 5.12. The van der Waals surface area contributed by atoms with Crippen LogP contribution in [0.1, 0.15) is 23.4 Å². The Bertz CT molecular complexity index is 927. The van der Waals surface area contributed by atoms with Gasteiger partial charge in [0.05, 0.1) is 7.11 Å². The van der Waals surface area contributed by atoms with Crippen molar-refractivity contribution in [1.29, 1.82) is 0 Å². The van der Waals surface area contributed by atoms with E-state index in [1.165, 1.54) is 6.42 Å². The number of rotatable bonds is 6. The van der Waals surface area contributed by atoms with Crippen LogP contribution in [-0.4, -0.2) is 32.7 Å². The van der Waals surface area contributed by atoms with Crippen molar-refractivity contribution >= 4 is 16.9 Å². The highest BCUT2D eigenvalue weighted by molar-refractivity contribution is 6.08. The second-order valence-electron chi connectivity index (χ2n) is 6.94. The van der Waals surface area contributed by atoms with Gasteiger partial charge in [0.25, 0.3) is 5.91 Å². The molecule has 1 saturated heterocycles. The van der Waals surface area contributed by atoms with Gasteiger partial charge in [-0.2, -0.15) is 0 Å². The lowest BCUT2D eigenvalue weighted by atomic mass is 10.0. The van der Waals surface area contributed by atoms with Crippen molar-refractivity contribution in [3.8, 4) is 16.9 Å². The molecule has 2 heterocycles. The molecule has 0 aliphatic carbocycles. The fourth-order valence-electron chi connectivity index (χ4n) is 3.69. The molecule has 1 amide bonds. The number of amides is 1. The average Bonchev–Trinajstić information content (AvgIpc) is 3.35. The van der Waals surface area contributed by atoms with Gasteiger partial charge in [-0.1, -0.05) is 30.3 Å². The van der Waals surface area contributed by atoms with E-state index in [0.29, 0.717) is 29.6 Å². The van der Waals surface area contributed by atoms with E-state index >= 15 is 0 Å². The second kappa shape index (κ2) is 7.84. The molecule has 1 fully saturated rings. The summed E-state index contributed by atoms with van der Waals surface area (Å²) in [5, 5.41) is 7.30. The Morgan fingerprint density at radius 1 is 1.26 bits per heavy atom. The Labute approximate surface area is 158 Å². The molecule has 27 heavy (non-hydrogen) atoms. The lowest BCUT2D eigenvalue weighted by Gasteiger charge is -2.09. The third-order valence-electron chi connectivity index (χ3n) is 5.17. The number of methoxy groups -OCH3 is 1. The molecule has 1 unspecified atom stereocenters. The Hall–Kier alpha value is -2.79. The number of hydrogen-bond acceptors (Lipinski definition) is 4. The Morgan fingerprint density at radius 2 is 2.11 bits per heavy atom. The Balaban J connectivity index is 1.64. The first kappa shape index (κ1) is 17.6. The van der Waals surface area contributed by atoms with Crippen molar-refractivity contribution in [2.75, 3.05) is 26.7 Å². The molecule has 140 valence electrons. The van der Waals surface area contributed by atoms with E-state index in [0.717, 1.165) is 36.0 Å². The molecule has 0 radical (unpaired) electrons. The number of carbonyl (C=O) groups is 1. The third-order valence-corrected chi connectivity index (χ3v) is 5.17. The van der Waals surface area contributed by atoms with E-state index in [1.54, 1.807) is 7.11 Å². The van der Waals surface area contributed by atoms with Gasteiger partial charge in [-0.3, -0.25) is 4.79 Å². The van der Waals surface area contributed by atoms with Crippen molar-refractivity contribution in [1.82, 2.24) is 10.6 Å². The summed E-state index contributed by atoms with van der Waals surface area (Å²) in [5.74, 6) is 1.53. The van der Waals surface area contributed by atoms with Crippen LogP contribution in [0.25, 0.3) is 22.1 Å². The maximum Gasteiger partial charge on any atom is 0.287 e. The van der Waals surface area contributed by atoms with E-state index < -0.39 is 0 Å². The highest BCUT2D eigenvalue weighted by Gasteiger charge is 2.22. The average molecular weight is 364 g/mol. The molecule has 2 N–H and O–H groups in total. The summed E-state index contributed by atoms with van der Waals surface area (Å²) in [7, 11) is 1.62. The molecule has 3 aromatic rings. The number of ether oxygens (including phenoxy) is 1. The fraction of sp³-hybridized carbons (Fsp3) is 0.318. The van der Waals surface area contributed by atoms with Gasteiger partial charge in [-0.15, -0.1) is 0 Å². The quantitative estimate of drug-likeness (QED) is 0.698. The van der Waals surface area contributed by atoms with E-state index in [9.17, 15) is 4.79 Å². The maximum atomic E-state index is 12.9. The first-order valence-corrected chi connectivity index (χ1v) is 9.41. The normalized spacial score (nSPS) is 16.6. The van der Waals surface area contributed by atoms with Crippen LogP contribution in [0.3, 0.4) is 0 Å². The zero-order chi connectivity index (χ0) is 18.6. The third kappa shape index (κ3) is 3.69. The summed E-state index contributed by atoms with van der Waals surface area (Å²) in [6.45, 7) is 2.76. The van der Waals surface area contributed by atoms with Crippen molar-refractivity contribution in [3.05, 3.63) is 54.3 Å². The standard InChI is InChI=1S/C22H24N2O3/c1-26-17-7-8-18-19(13-17)27-21(20(18)16-5-3-2-4-6-16)22(25)24-12-10-15-9-11-23-14-15/h2-8,13,15,23H,9-12,14H2,1H3,(H,24,25). The van der Waals surface area contributed by atoms with Crippen LogP contribution in [0.4, 0.5) is 0 Å². The molecular weight excluding hydrogens is 340 g/mol. The molecule has 1 aliphatic heterocycles. The van der Waals surface area contributed by atoms with Crippen LogP contribution in [0, 0.1) is 5.92 Å². The van der Waals surface area contributed by atoms with Crippen LogP contribution in [0.5, 0.6) is 5.75 Å². The summed E-state index contributed by atoms with van der Waals surface area (Å²) in [5.41, 5.74) is 2.44. The minimum absolute atomic E-state index is 0.171. The van der Waals surface area contributed by atoms with Gasteiger partial charge in [0.2, 0.25) is 5.76 Å². The summed E-state index contributed by atoms with van der Waals surface area (Å²) < 4.78 is 11.3. The predicted molar refractivity (Wildman–Crippen MR) is 106 cm³/mol. The van der Waals surface area contributed by atoms with Gasteiger partial charge in [-0.25, -0.2) is 0 Å². The van der Waals surface area contributed by atoms with Crippen LogP contribution in [-0.2, 0) is 0 Å². The predicted octanol–water partition coefficient (Wildman–Crippen LogP) is 3.84. The lowest BCUT2D eigenvalue weighted by Crippen LogP contribution is -2.26. The van der Waals surface area contributed by atoms with Gasteiger partial charge in [0.1, 0.15) is 11.3 Å². The number of carbonyl (C=O) groups excluding carboxylic acids is 1. The monoisotopic (exact) mass is 364 g/mol. The number of hydrogen-bond donors (Lipinski definition) is 2. The summed E-state index contributed by atoms with van der Waals surface area (Å²) in [4.78, 5) is 12.9. The lowest BCUT2D eigenvalue weighted by molar-refractivity contribution is 0.0927. The van der Waals surface area contributed by atoms with Gasteiger partial charge in [0.15, 0.2) is 0 Å². The first-order chi connectivity index (χ1) is 13.3. The topological polar surface area (TPSA) is 63.5 Å². The molecule has 1 atom stereocenters. The minimum Gasteiger partial charge on any atom is -0.497 e. The SMILES string of the molecule is COc1ccc2c(-c3ccccc3)c(C(=O)NCCC3CCNC3)oc2c1. The number of benzene rings is 2. The van der Waals surface area contributed by atoms with Gasteiger partial charge >= 0.3 is 0 Å². The molecule has 0 spiro atoms. The minimum atomic E-state index is -0.171. The van der Waals surface area contributed by atoms with Crippen molar-refractivity contribution < 1.29 is 13.9 Å². The zero-order valence-corrected chi connectivity index (χ0v) is 15.5. The van der Waals surface area contributed by atoms with E-state index in [4.69, 9.17) is 9.15 Å². The van der Waals surface area contributed by atoms with E-state index in [-0.39, 0.29) is 5.91 Å². The molecule has 0 saturated carbocycles. The van der Waals surface area contributed by atoms with Crippen LogP contribution >= 0.6 is 0 Å². The number of furan rings is 1. The molecular formula is C22H24N2O3. The summed E-state index contributed by atoms with van der Waals surface area (Å²) in [6.07, 6.45) is 2.16. The van der Waals surface area contributed by atoms with E-state index in [2.05, 4.69) is 10.6 Å².